The first-order valence-electron chi connectivity index (χ1n) is 9.96. The molecule has 0 saturated heterocycles. The van der Waals surface area contributed by atoms with Crippen molar-refractivity contribution >= 4 is 15.7 Å². The fourth-order valence-corrected chi connectivity index (χ4v) is 5.84. The first-order chi connectivity index (χ1) is 13.5. The Bertz CT molecular complexity index is 940. The maximum atomic E-state index is 13.6. The van der Waals surface area contributed by atoms with Crippen LogP contribution >= 0.6 is 0 Å². The van der Waals surface area contributed by atoms with Crippen LogP contribution in [0.25, 0.3) is 0 Å². The number of benzene rings is 2. The van der Waals surface area contributed by atoms with Crippen molar-refractivity contribution in [3.8, 4) is 0 Å². The highest BCUT2D eigenvalue weighted by Crippen LogP contribution is 2.37. The Morgan fingerprint density at radius 1 is 1.07 bits per heavy atom. The van der Waals surface area contributed by atoms with E-state index in [1.54, 1.807) is 22.5 Å². The zero-order valence-electron chi connectivity index (χ0n) is 16.6. The van der Waals surface area contributed by atoms with Crippen molar-refractivity contribution in [2.24, 2.45) is 0 Å². The Morgan fingerprint density at radius 2 is 1.86 bits per heavy atom. The van der Waals surface area contributed by atoms with E-state index < -0.39 is 10.0 Å². The molecule has 152 valence electrons. The third kappa shape index (κ3) is 3.81. The molecular formula is C22H29NO4S. The van der Waals surface area contributed by atoms with Gasteiger partial charge in [-0.15, -0.1) is 0 Å². The van der Waals surface area contributed by atoms with Crippen molar-refractivity contribution in [3.63, 3.8) is 0 Å². The number of sulfonamides is 1. The summed E-state index contributed by atoms with van der Waals surface area (Å²) in [6.07, 6.45) is 3.73. The Morgan fingerprint density at radius 3 is 2.50 bits per heavy atom. The SMILES string of the molecule is CCc1ccc2c(c1)CCC(CC)N2S(=O)(=O)c1ccc(CCO)c(CO)c1. The molecule has 0 amide bonds. The van der Waals surface area contributed by atoms with E-state index in [9.17, 15) is 18.6 Å². The Kier molecular flexibility index (Phi) is 6.43. The van der Waals surface area contributed by atoms with Gasteiger partial charge in [-0.1, -0.05) is 32.0 Å². The lowest BCUT2D eigenvalue weighted by Gasteiger charge is -2.37. The van der Waals surface area contributed by atoms with Crippen molar-refractivity contribution < 1.29 is 18.6 Å². The zero-order valence-corrected chi connectivity index (χ0v) is 17.4. The average molecular weight is 404 g/mol. The molecular weight excluding hydrogens is 374 g/mol. The second-order valence-corrected chi connectivity index (χ2v) is 9.10. The molecule has 0 radical (unpaired) electrons. The number of fused-ring (bicyclic) bond motifs is 1. The lowest BCUT2D eigenvalue weighted by atomic mass is 9.94. The highest BCUT2D eigenvalue weighted by atomic mass is 32.2. The summed E-state index contributed by atoms with van der Waals surface area (Å²) in [6.45, 7) is 3.81. The molecule has 1 aliphatic heterocycles. The van der Waals surface area contributed by atoms with Crippen molar-refractivity contribution in [1.82, 2.24) is 0 Å². The summed E-state index contributed by atoms with van der Waals surface area (Å²) in [7, 11) is -3.76. The number of hydrogen-bond acceptors (Lipinski definition) is 4. The molecule has 3 rings (SSSR count). The fourth-order valence-electron chi connectivity index (χ4n) is 3.99. The maximum Gasteiger partial charge on any atom is 0.264 e. The van der Waals surface area contributed by atoms with E-state index in [2.05, 4.69) is 13.0 Å². The quantitative estimate of drug-likeness (QED) is 0.744. The minimum absolute atomic E-state index is 0.0454. The van der Waals surface area contributed by atoms with Crippen LogP contribution in [0, 0.1) is 0 Å². The van der Waals surface area contributed by atoms with Gasteiger partial charge in [-0.05, 0) is 72.6 Å². The summed E-state index contributed by atoms with van der Waals surface area (Å²) in [4.78, 5) is 0.184. The van der Waals surface area contributed by atoms with Gasteiger partial charge in [0.1, 0.15) is 0 Å². The van der Waals surface area contributed by atoms with E-state index in [1.807, 2.05) is 19.1 Å². The standard InChI is InChI=1S/C22H29NO4S/c1-3-16-5-10-22-18(13-16)6-8-20(4-2)23(22)28(26,27)21-9-7-17(11-12-24)19(14-21)15-25/h5,7,9-10,13-14,20,24-25H,3-4,6,8,11-12,15H2,1-2H3. The second-order valence-electron chi connectivity index (χ2n) is 7.28. The molecule has 5 nitrogen and oxygen atoms in total. The summed E-state index contributed by atoms with van der Waals surface area (Å²) in [5.41, 5.74) is 4.36. The van der Waals surface area contributed by atoms with Gasteiger partial charge < -0.3 is 10.2 Å². The predicted molar refractivity (Wildman–Crippen MR) is 111 cm³/mol. The molecule has 2 aromatic carbocycles. The molecule has 2 N–H and O–H groups in total. The molecule has 1 aliphatic rings. The van der Waals surface area contributed by atoms with Gasteiger partial charge in [-0.2, -0.15) is 0 Å². The summed E-state index contributed by atoms with van der Waals surface area (Å²) in [5.74, 6) is 0. The lowest BCUT2D eigenvalue weighted by molar-refractivity contribution is 0.275. The summed E-state index contributed by atoms with van der Waals surface area (Å²) in [5, 5.41) is 18.9. The molecule has 0 spiro atoms. The van der Waals surface area contributed by atoms with Crippen molar-refractivity contribution in [1.29, 1.82) is 0 Å². The number of aryl methyl sites for hydroxylation is 2. The van der Waals surface area contributed by atoms with Gasteiger partial charge in [-0.3, -0.25) is 4.31 Å². The molecule has 1 heterocycles. The number of aliphatic hydroxyl groups is 2. The van der Waals surface area contributed by atoms with Gasteiger partial charge in [0.25, 0.3) is 10.0 Å². The van der Waals surface area contributed by atoms with Crippen molar-refractivity contribution in [2.45, 2.75) is 63.5 Å². The van der Waals surface area contributed by atoms with E-state index in [4.69, 9.17) is 0 Å². The van der Waals surface area contributed by atoms with Gasteiger partial charge in [0.05, 0.1) is 17.2 Å². The average Bonchev–Trinajstić information content (AvgIpc) is 2.72. The normalized spacial score (nSPS) is 16.9. The van der Waals surface area contributed by atoms with E-state index in [1.165, 1.54) is 5.56 Å². The van der Waals surface area contributed by atoms with Gasteiger partial charge >= 0.3 is 0 Å². The molecule has 0 saturated carbocycles. The van der Waals surface area contributed by atoms with Gasteiger partial charge in [0.2, 0.25) is 0 Å². The molecule has 2 aromatic rings. The molecule has 0 aliphatic carbocycles. The van der Waals surface area contributed by atoms with Crippen LogP contribution in [0.2, 0.25) is 0 Å². The van der Waals surface area contributed by atoms with Crippen LogP contribution in [0.15, 0.2) is 41.3 Å². The second kappa shape index (κ2) is 8.64. The minimum atomic E-state index is -3.76. The first kappa shape index (κ1) is 20.8. The monoisotopic (exact) mass is 403 g/mol. The number of rotatable bonds is 7. The van der Waals surface area contributed by atoms with Crippen LogP contribution in [-0.2, 0) is 35.9 Å². The van der Waals surface area contributed by atoms with Crippen LogP contribution in [0.1, 0.15) is 48.9 Å². The molecule has 0 bridgehead atoms. The van der Waals surface area contributed by atoms with E-state index in [-0.39, 0.29) is 24.2 Å². The van der Waals surface area contributed by atoms with Crippen molar-refractivity contribution in [2.75, 3.05) is 10.9 Å². The van der Waals surface area contributed by atoms with Crippen LogP contribution < -0.4 is 4.31 Å². The third-order valence-electron chi connectivity index (χ3n) is 5.63. The smallest absolute Gasteiger partial charge is 0.264 e. The maximum absolute atomic E-state index is 13.6. The zero-order chi connectivity index (χ0) is 20.3. The Labute approximate surface area is 167 Å². The fraction of sp³-hybridized carbons (Fsp3) is 0.455. The molecule has 1 atom stereocenters. The third-order valence-corrected chi connectivity index (χ3v) is 7.49. The molecule has 0 aromatic heterocycles. The lowest BCUT2D eigenvalue weighted by Crippen LogP contribution is -2.43. The van der Waals surface area contributed by atoms with Gasteiger partial charge in [0, 0.05) is 12.6 Å². The highest BCUT2D eigenvalue weighted by Gasteiger charge is 2.35. The number of anilines is 1. The molecule has 0 fully saturated rings. The number of nitrogens with zero attached hydrogens (tertiary/aromatic N) is 1. The van der Waals surface area contributed by atoms with Gasteiger partial charge in [0.15, 0.2) is 0 Å². The van der Waals surface area contributed by atoms with Gasteiger partial charge in [-0.25, -0.2) is 8.42 Å². The molecule has 28 heavy (non-hydrogen) atoms. The summed E-state index contributed by atoms with van der Waals surface area (Å²) in [6, 6.07) is 10.8. The predicted octanol–water partition coefficient (Wildman–Crippen LogP) is 3.20. The van der Waals surface area contributed by atoms with Crippen molar-refractivity contribution in [3.05, 3.63) is 58.7 Å². The largest absolute Gasteiger partial charge is 0.396 e. The highest BCUT2D eigenvalue weighted by molar-refractivity contribution is 7.92. The Hall–Kier alpha value is -1.89. The summed E-state index contributed by atoms with van der Waals surface area (Å²) < 4.78 is 28.8. The van der Waals surface area contributed by atoms with E-state index in [0.29, 0.717) is 12.0 Å². The van der Waals surface area contributed by atoms with E-state index in [0.717, 1.165) is 42.5 Å². The molecule has 6 heteroatoms. The first-order valence-corrected chi connectivity index (χ1v) is 11.4. The number of hydrogen-bond donors (Lipinski definition) is 2. The Balaban J connectivity index is 2.10. The minimum Gasteiger partial charge on any atom is -0.396 e. The van der Waals surface area contributed by atoms with Crippen LogP contribution in [0.4, 0.5) is 5.69 Å². The molecule has 1 unspecified atom stereocenters. The van der Waals surface area contributed by atoms with Crippen LogP contribution in [0.3, 0.4) is 0 Å². The summed E-state index contributed by atoms with van der Waals surface area (Å²) >= 11 is 0. The number of aliphatic hydroxyl groups excluding tert-OH is 2. The van der Waals surface area contributed by atoms with Crippen LogP contribution in [-0.4, -0.2) is 31.3 Å². The van der Waals surface area contributed by atoms with Crippen LogP contribution in [0.5, 0.6) is 0 Å². The van der Waals surface area contributed by atoms with E-state index >= 15 is 0 Å². The topological polar surface area (TPSA) is 77.8 Å².